The number of rotatable bonds is 5. The van der Waals surface area contributed by atoms with E-state index in [1.807, 2.05) is 17.0 Å². The normalized spacial score (nSPS) is 11.2. The molecule has 21 heavy (non-hydrogen) atoms. The minimum atomic E-state index is 0.429. The molecule has 0 aromatic carbocycles. The summed E-state index contributed by atoms with van der Waals surface area (Å²) in [7, 11) is 0. The highest BCUT2D eigenvalue weighted by molar-refractivity contribution is 7.18. The van der Waals surface area contributed by atoms with Crippen molar-refractivity contribution in [2.24, 2.45) is 5.84 Å². The van der Waals surface area contributed by atoms with Crippen molar-refractivity contribution < 1.29 is 0 Å². The molecule has 0 atom stereocenters. The molecular weight excluding hydrogens is 284 g/mol. The van der Waals surface area contributed by atoms with Gasteiger partial charge in [-0.25, -0.2) is 15.8 Å². The molecule has 0 saturated heterocycles. The lowest BCUT2D eigenvalue weighted by atomic mass is 10.3. The molecule has 0 aliphatic rings. The van der Waals surface area contributed by atoms with Gasteiger partial charge in [-0.15, -0.1) is 11.3 Å². The second-order valence-electron chi connectivity index (χ2n) is 4.76. The third-order valence-corrected chi connectivity index (χ3v) is 4.49. The first kappa shape index (κ1) is 14.0. The number of aromatic nitrogens is 4. The number of imidazole rings is 1. The topological polar surface area (TPSA) is 81.7 Å². The van der Waals surface area contributed by atoms with E-state index in [1.54, 1.807) is 11.3 Å². The van der Waals surface area contributed by atoms with Crippen LogP contribution in [0.25, 0.3) is 16.0 Å². The van der Waals surface area contributed by atoms with Gasteiger partial charge in [0.05, 0.1) is 5.39 Å². The summed E-state index contributed by atoms with van der Waals surface area (Å²) >= 11 is 1.68. The second kappa shape index (κ2) is 5.79. The molecule has 0 bridgehead atoms. The number of nitrogens with one attached hydrogen (secondary N) is 1. The molecule has 0 radical (unpaired) electrons. The Morgan fingerprint density at radius 1 is 1.33 bits per heavy atom. The van der Waals surface area contributed by atoms with Crippen molar-refractivity contribution in [1.29, 1.82) is 0 Å². The molecular formula is C14H18N6S. The van der Waals surface area contributed by atoms with Gasteiger partial charge < -0.3 is 0 Å². The summed E-state index contributed by atoms with van der Waals surface area (Å²) in [5, 5.41) is 1.05. The summed E-state index contributed by atoms with van der Waals surface area (Å²) in [6, 6.07) is 2.16. The molecule has 0 aliphatic heterocycles. The van der Waals surface area contributed by atoms with Crippen LogP contribution >= 0.6 is 11.3 Å². The van der Waals surface area contributed by atoms with Gasteiger partial charge in [-0.2, -0.15) is 4.98 Å². The molecule has 0 spiro atoms. The zero-order chi connectivity index (χ0) is 14.8. The minimum Gasteiger partial charge on any atom is -0.292 e. The Morgan fingerprint density at radius 3 is 2.90 bits per heavy atom. The van der Waals surface area contributed by atoms with Crippen LogP contribution in [0.1, 0.15) is 31.0 Å². The van der Waals surface area contributed by atoms with Crippen molar-refractivity contribution in [3.05, 3.63) is 29.2 Å². The maximum Gasteiger partial charge on any atom is 0.240 e. The smallest absolute Gasteiger partial charge is 0.240 e. The van der Waals surface area contributed by atoms with Gasteiger partial charge in [0.1, 0.15) is 10.7 Å². The highest BCUT2D eigenvalue weighted by Crippen LogP contribution is 2.30. The summed E-state index contributed by atoms with van der Waals surface area (Å²) in [6.07, 6.45) is 6.68. The largest absolute Gasteiger partial charge is 0.292 e. The lowest BCUT2D eigenvalue weighted by Crippen LogP contribution is -2.12. The van der Waals surface area contributed by atoms with E-state index in [0.717, 1.165) is 41.1 Å². The van der Waals surface area contributed by atoms with E-state index in [1.165, 1.54) is 4.88 Å². The number of nitrogens with zero attached hydrogens (tertiary/aromatic N) is 4. The van der Waals surface area contributed by atoms with E-state index in [2.05, 4.69) is 40.3 Å². The van der Waals surface area contributed by atoms with Crippen molar-refractivity contribution >= 4 is 27.5 Å². The van der Waals surface area contributed by atoms with Crippen LogP contribution < -0.4 is 11.3 Å². The van der Waals surface area contributed by atoms with Crippen molar-refractivity contribution in [2.75, 3.05) is 5.43 Å². The molecule has 0 aliphatic carbocycles. The fraction of sp³-hybridized carbons (Fsp3) is 0.357. The molecule has 7 heteroatoms. The van der Waals surface area contributed by atoms with Crippen LogP contribution in [0, 0.1) is 0 Å². The number of nitrogen functional groups attached to an aromatic ring is 1. The maximum absolute atomic E-state index is 5.50. The average molecular weight is 302 g/mol. The zero-order valence-corrected chi connectivity index (χ0v) is 12.9. The van der Waals surface area contributed by atoms with Gasteiger partial charge >= 0.3 is 0 Å². The standard InChI is InChI=1S/C14H18N6S/c1-3-5-11-16-6-7-20(11)12-10-8-9(4-2)21-13(10)18-14(17-12)19-15/h6-8H,3-5,15H2,1-2H3,(H,17,18,19). The second-order valence-corrected chi connectivity index (χ2v) is 5.88. The van der Waals surface area contributed by atoms with Gasteiger partial charge in [-0.05, 0) is 18.9 Å². The first-order valence-corrected chi connectivity index (χ1v) is 7.88. The van der Waals surface area contributed by atoms with E-state index in [-0.39, 0.29) is 0 Å². The third kappa shape index (κ3) is 2.50. The number of fused-ring (bicyclic) bond motifs is 1. The summed E-state index contributed by atoms with van der Waals surface area (Å²) < 4.78 is 2.03. The van der Waals surface area contributed by atoms with Gasteiger partial charge in [-0.3, -0.25) is 9.99 Å². The van der Waals surface area contributed by atoms with Gasteiger partial charge in [0.2, 0.25) is 5.95 Å². The Kier molecular flexibility index (Phi) is 3.85. The lowest BCUT2D eigenvalue weighted by molar-refractivity contribution is 0.800. The number of hydrogen-bond donors (Lipinski definition) is 2. The summed E-state index contributed by atoms with van der Waals surface area (Å²) in [5.41, 5.74) is 2.55. The Hall–Kier alpha value is -1.99. The van der Waals surface area contributed by atoms with Crippen LogP contribution in [-0.2, 0) is 12.8 Å². The molecule has 3 heterocycles. The number of hydrazine groups is 1. The van der Waals surface area contributed by atoms with E-state index >= 15 is 0 Å². The van der Waals surface area contributed by atoms with Crippen LogP contribution in [-0.4, -0.2) is 19.5 Å². The predicted molar refractivity (Wildman–Crippen MR) is 85.7 cm³/mol. The molecule has 110 valence electrons. The third-order valence-electron chi connectivity index (χ3n) is 3.32. The van der Waals surface area contributed by atoms with Crippen molar-refractivity contribution in [3.63, 3.8) is 0 Å². The Morgan fingerprint density at radius 2 is 2.19 bits per heavy atom. The number of thiophene rings is 1. The van der Waals surface area contributed by atoms with Crippen LogP contribution in [0.2, 0.25) is 0 Å². The van der Waals surface area contributed by atoms with E-state index in [4.69, 9.17) is 5.84 Å². The molecule has 3 aromatic rings. The average Bonchev–Trinajstić information content (AvgIpc) is 3.12. The van der Waals surface area contributed by atoms with Gasteiger partial charge in [-0.1, -0.05) is 13.8 Å². The first-order valence-electron chi connectivity index (χ1n) is 7.06. The highest BCUT2D eigenvalue weighted by atomic mass is 32.1. The van der Waals surface area contributed by atoms with Crippen LogP contribution in [0.3, 0.4) is 0 Å². The SMILES string of the molecule is CCCc1nccn1-c1nc(NN)nc2sc(CC)cc12. The molecule has 3 rings (SSSR count). The Bertz CT molecular complexity index is 760. The van der Waals surface area contributed by atoms with E-state index < -0.39 is 0 Å². The van der Waals surface area contributed by atoms with Crippen LogP contribution in [0.15, 0.2) is 18.5 Å². The number of hydrogen-bond acceptors (Lipinski definition) is 6. The number of aryl methyl sites for hydroxylation is 2. The molecule has 3 aromatic heterocycles. The van der Waals surface area contributed by atoms with Gasteiger partial charge in [0, 0.05) is 23.7 Å². The fourth-order valence-corrected chi connectivity index (χ4v) is 3.28. The lowest BCUT2D eigenvalue weighted by Gasteiger charge is -2.09. The summed E-state index contributed by atoms with van der Waals surface area (Å²) in [5.74, 6) is 7.77. The molecule has 0 fully saturated rings. The highest BCUT2D eigenvalue weighted by Gasteiger charge is 2.14. The van der Waals surface area contributed by atoms with Crippen molar-refractivity contribution in [2.45, 2.75) is 33.1 Å². The molecule has 0 amide bonds. The molecule has 3 N–H and O–H groups in total. The first-order chi connectivity index (χ1) is 10.3. The fourth-order valence-electron chi connectivity index (χ4n) is 2.31. The minimum absolute atomic E-state index is 0.429. The van der Waals surface area contributed by atoms with E-state index in [0.29, 0.717) is 5.95 Å². The number of nitrogens with two attached hydrogens (primary N) is 1. The maximum atomic E-state index is 5.50. The van der Waals surface area contributed by atoms with Crippen LogP contribution in [0.4, 0.5) is 5.95 Å². The molecule has 0 saturated carbocycles. The van der Waals surface area contributed by atoms with Crippen molar-refractivity contribution in [3.8, 4) is 5.82 Å². The van der Waals surface area contributed by atoms with Gasteiger partial charge in [0.15, 0.2) is 5.82 Å². The Labute approximate surface area is 127 Å². The van der Waals surface area contributed by atoms with Crippen LogP contribution in [0.5, 0.6) is 0 Å². The van der Waals surface area contributed by atoms with E-state index in [9.17, 15) is 0 Å². The quantitative estimate of drug-likeness (QED) is 0.559. The molecule has 6 nitrogen and oxygen atoms in total. The van der Waals surface area contributed by atoms with Gasteiger partial charge in [0.25, 0.3) is 0 Å². The Balaban J connectivity index is 2.24. The summed E-state index contributed by atoms with van der Waals surface area (Å²) in [4.78, 5) is 15.6. The number of anilines is 1. The molecule has 0 unspecified atom stereocenters. The summed E-state index contributed by atoms with van der Waals surface area (Å²) in [6.45, 7) is 4.28. The monoisotopic (exact) mass is 302 g/mol. The van der Waals surface area contributed by atoms with Crippen molar-refractivity contribution in [1.82, 2.24) is 19.5 Å². The predicted octanol–water partition coefficient (Wildman–Crippen LogP) is 2.68. The zero-order valence-electron chi connectivity index (χ0n) is 12.1.